The molecule has 31 heavy (non-hydrogen) atoms. The third kappa shape index (κ3) is 3.44. The normalized spacial score (nSPS) is 11.3. The molecule has 5 rings (SSSR count). The summed E-state index contributed by atoms with van der Waals surface area (Å²) in [6.45, 7) is 4.37. The molecule has 0 spiro atoms. The Morgan fingerprint density at radius 1 is 1.06 bits per heavy atom. The van der Waals surface area contributed by atoms with Gasteiger partial charge in [0.1, 0.15) is 17.9 Å². The van der Waals surface area contributed by atoms with Crippen LogP contribution in [0.15, 0.2) is 69.9 Å². The first kappa shape index (κ1) is 19.0. The fourth-order valence-corrected chi connectivity index (χ4v) is 3.55. The number of oxazole rings is 1. The fraction of sp³-hybridized carbons (Fsp3) is 0.167. The SMILES string of the molecule is Cc1ccc(-c2nc3ccc(OCc4c(C)cccc4-n4[nH]n(C)c4=O)cc3o2)cc1. The van der Waals surface area contributed by atoms with Crippen LogP contribution in [0.5, 0.6) is 5.75 Å². The molecule has 0 unspecified atom stereocenters. The highest BCUT2D eigenvalue weighted by atomic mass is 16.5. The van der Waals surface area contributed by atoms with Gasteiger partial charge in [-0.25, -0.2) is 19.7 Å². The summed E-state index contributed by atoms with van der Waals surface area (Å²) in [5.41, 5.74) is 6.22. The van der Waals surface area contributed by atoms with Gasteiger partial charge in [-0.1, -0.05) is 29.8 Å². The van der Waals surface area contributed by atoms with Gasteiger partial charge < -0.3 is 9.15 Å². The fourth-order valence-electron chi connectivity index (χ4n) is 3.55. The predicted molar refractivity (Wildman–Crippen MR) is 119 cm³/mol. The molecule has 0 radical (unpaired) electrons. The maximum atomic E-state index is 12.1. The third-order valence-corrected chi connectivity index (χ3v) is 5.40. The van der Waals surface area contributed by atoms with Crippen LogP contribution in [0.2, 0.25) is 0 Å². The van der Waals surface area contributed by atoms with Crippen molar-refractivity contribution in [3.63, 3.8) is 0 Å². The molecule has 156 valence electrons. The molecule has 0 aliphatic carbocycles. The smallest absolute Gasteiger partial charge is 0.364 e. The van der Waals surface area contributed by atoms with Gasteiger partial charge in [0.15, 0.2) is 5.58 Å². The number of rotatable bonds is 5. The lowest BCUT2D eigenvalue weighted by Gasteiger charge is -2.18. The first-order valence-corrected chi connectivity index (χ1v) is 10.0. The summed E-state index contributed by atoms with van der Waals surface area (Å²) in [5, 5.41) is 2.96. The Labute approximate surface area is 178 Å². The van der Waals surface area contributed by atoms with Crippen LogP contribution >= 0.6 is 0 Å². The van der Waals surface area contributed by atoms with Gasteiger partial charge in [-0.05, 0) is 49.7 Å². The van der Waals surface area contributed by atoms with Crippen molar-refractivity contribution in [2.24, 2.45) is 7.05 Å². The summed E-state index contributed by atoms with van der Waals surface area (Å²) < 4.78 is 15.0. The number of aryl methyl sites for hydroxylation is 3. The van der Waals surface area contributed by atoms with Gasteiger partial charge in [-0.2, -0.15) is 4.68 Å². The molecule has 7 nitrogen and oxygen atoms in total. The van der Waals surface area contributed by atoms with E-state index in [1.165, 1.54) is 14.9 Å². The molecule has 0 aliphatic rings. The number of benzene rings is 3. The lowest BCUT2D eigenvalue weighted by Crippen LogP contribution is -2.40. The molecular formula is C24H22N4O3. The molecule has 0 amide bonds. The van der Waals surface area contributed by atoms with Crippen LogP contribution in [-0.4, -0.2) is 19.6 Å². The third-order valence-electron chi connectivity index (χ3n) is 5.40. The number of nitrogens with one attached hydrogen (secondary N) is 1. The molecule has 0 saturated carbocycles. The van der Waals surface area contributed by atoms with Crippen molar-refractivity contribution in [1.82, 2.24) is 19.6 Å². The Morgan fingerprint density at radius 3 is 2.61 bits per heavy atom. The summed E-state index contributed by atoms with van der Waals surface area (Å²) in [7, 11) is 1.68. The van der Waals surface area contributed by atoms with Crippen LogP contribution in [0.25, 0.3) is 28.2 Å². The molecular weight excluding hydrogens is 392 g/mol. The van der Waals surface area contributed by atoms with E-state index >= 15 is 0 Å². The largest absolute Gasteiger partial charge is 0.489 e. The Kier molecular flexibility index (Phi) is 4.51. The molecule has 0 bridgehead atoms. The predicted octanol–water partition coefficient (Wildman–Crippen LogP) is 4.51. The van der Waals surface area contributed by atoms with E-state index in [0.717, 1.165) is 27.9 Å². The molecule has 1 N–H and O–H groups in total. The van der Waals surface area contributed by atoms with Crippen LogP contribution in [0.3, 0.4) is 0 Å². The van der Waals surface area contributed by atoms with E-state index in [1.54, 1.807) is 7.05 Å². The number of hydrogen-bond acceptors (Lipinski definition) is 4. The minimum atomic E-state index is -0.112. The maximum Gasteiger partial charge on any atom is 0.364 e. The molecule has 7 heteroatoms. The molecule has 0 fully saturated rings. The highest BCUT2D eigenvalue weighted by Crippen LogP contribution is 2.28. The Bertz CT molecular complexity index is 1430. The highest BCUT2D eigenvalue weighted by molar-refractivity contribution is 5.77. The van der Waals surface area contributed by atoms with Crippen molar-refractivity contribution in [2.45, 2.75) is 20.5 Å². The molecule has 0 atom stereocenters. The lowest BCUT2D eigenvalue weighted by molar-refractivity contribution is 0.303. The van der Waals surface area contributed by atoms with E-state index < -0.39 is 0 Å². The summed E-state index contributed by atoms with van der Waals surface area (Å²) in [5.74, 6) is 1.26. The van der Waals surface area contributed by atoms with Gasteiger partial charge in [-0.3, -0.25) is 0 Å². The number of ether oxygens (including phenoxy) is 1. The van der Waals surface area contributed by atoms with Gasteiger partial charge in [-0.15, -0.1) is 0 Å². The van der Waals surface area contributed by atoms with E-state index in [1.807, 2.05) is 74.5 Å². The second kappa shape index (κ2) is 7.36. The van der Waals surface area contributed by atoms with Gasteiger partial charge in [0.2, 0.25) is 5.89 Å². The number of fused-ring (bicyclic) bond motifs is 1. The Hall–Kier alpha value is -4.00. The lowest BCUT2D eigenvalue weighted by atomic mass is 10.1. The van der Waals surface area contributed by atoms with Crippen molar-refractivity contribution in [1.29, 1.82) is 0 Å². The van der Waals surface area contributed by atoms with Crippen LogP contribution in [0.1, 0.15) is 16.7 Å². The van der Waals surface area contributed by atoms with Crippen molar-refractivity contribution in [2.75, 3.05) is 0 Å². The zero-order chi connectivity index (χ0) is 21.5. The highest BCUT2D eigenvalue weighted by Gasteiger charge is 2.14. The van der Waals surface area contributed by atoms with Crippen LogP contribution in [0.4, 0.5) is 0 Å². The van der Waals surface area contributed by atoms with Gasteiger partial charge in [0.25, 0.3) is 0 Å². The number of aromatic amines is 1. The van der Waals surface area contributed by atoms with Crippen molar-refractivity contribution in [3.8, 4) is 22.9 Å². The number of aromatic nitrogens is 4. The molecule has 0 aliphatic heterocycles. The average molecular weight is 414 g/mol. The van der Waals surface area contributed by atoms with Gasteiger partial charge in [0.05, 0.1) is 5.69 Å². The second-order valence-corrected chi connectivity index (χ2v) is 7.65. The Morgan fingerprint density at radius 2 is 1.87 bits per heavy atom. The van der Waals surface area contributed by atoms with Crippen LogP contribution < -0.4 is 10.4 Å². The zero-order valence-electron chi connectivity index (χ0n) is 17.5. The number of hydrogen-bond donors (Lipinski definition) is 1. The van der Waals surface area contributed by atoms with Crippen molar-refractivity contribution in [3.05, 3.63) is 87.8 Å². The summed E-state index contributed by atoms with van der Waals surface area (Å²) in [6, 6.07) is 19.5. The number of nitrogens with zero attached hydrogens (tertiary/aromatic N) is 3. The maximum absolute atomic E-state index is 12.1. The monoisotopic (exact) mass is 414 g/mol. The average Bonchev–Trinajstić information content (AvgIpc) is 3.20. The molecule has 0 saturated heterocycles. The summed E-state index contributed by atoms with van der Waals surface area (Å²) >= 11 is 0. The molecule has 5 aromatic rings. The van der Waals surface area contributed by atoms with Gasteiger partial charge in [0, 0.05) is 24.2 Å². The van der Waals surface area contributed by atoms with E-state index in [0.29, 0.717) is 23.8 Å². The minimum absolute atomic E-state index is 0.112. The summed E-state index contributed by atoms with van der Waals surface area (Å²) in [6.07, 6.45) is 0. The quantitative estimate of drug-likeness (QED) is 0.459. The van der Waals surface area contributed by atoms with Crippen molar-refractivity contribution < 1.29 is 9.15 Å². The topological polar surface area (TPSA) is 78.0 Å². The van der Waals surface area contributed by atoms with E-state index in [2.05, 4.69) is 10.2 Å². The second-order valence-electron chi connectivity index (χ2n) is 7.65. The minimum Gasteiger partial charge on any atom is -0.489 e. The zero-order valence-corrected chi connectivity index (χ0v) is 17.5. The molecule has 2 heterocycles. The molecule has 3 aromatic carbocycles. The molecule has 2 aromatic heterocycles. The number of H-pyrrole nitrogens is 1. The first-order chi connectivity index (χ1) is 15.0. The van der Waals surface area contributed by atoms with E-state index in [9.17, 15) is 4.79 Å². The van der Waals surface area contributed by atoms with Gasteiger partial charge >= 0.3 is 5.69 Å². The van der Waals surface area contributed by atoms with E-state index in [-0.39, 0.29) is 5.69 Å². The van der Waals surface area contributed by atoms with Crippen LogP contribution in [0, 0.1) is 13.8 Å². The van der Waals surface area contributed by atoms with Crippen molar-refractivity contribution >= 4 is 11.1 Å². The first-order valence-electron chi connectivity index (χ1n) is 10.0. The standard InChI is InChI=1S/C24H22N4O3/c1-15-7-9-17(10-8-15)23-25-20-12-11-18(13-22(20)31-23)30-14-19-16(2)5-4-6-21(19)28-24(29)27(3)26-28/h4-13,26H,14H2,1-3H3. The van der Waals surface area contributed by atoms with E-state index in [4.69, 9.17) is 9.15 Å². The van der Waals surface area contributed by atoms with Crippen LogP contribution in [-0.2, 0) is 13.7 Å². The summed E-state index contributed by atoms with van der Waals surface area (Å²) in [4.78, 5) is 16.7. The Balaban J connectivity index is 1.41.